The van der Waals surface area contributed by atoms with Crippen LogP contribution in [-0.2, 0) is 13.6 Å². The van der Waals surface area contributed by atoms with E-state index in [-0.39, 0.29) is 6.10 Å². The Labute approximate surface area is 101 Å². The lowest BCUT2D eigenvalue weighted by molar-refractivity contribution is 0.166. The van der Waals surface area contributed by atoms with Crippen molar-refractivity contribution in [3.8, 4) is 0 Å². The minimum atomic E-state index is -0.360. The van der Waals surface area contributed by atoms with Crippen LogP contribution in [0, 0.1) is 0 Å². The van der Waals surface area contributed by atoms with Gasteiger partial charge in [0.15, 0.2) is 0 Å². The smallest absolute Gasteiger partial charge is 0.146 e. The van der Waals surface area contributed by atoms with E-state index < -0.39 is 0 Å². The third kappa shape index (κ3) is 2.74. The molecule has 0 aliphatic rings. The van der Waals surface area contributed by atoms with Gasteiger partial charge in [0, 0.05) is 19.4 Å². The first-order valence-electron chi connectivity index (χ1n) is 5.87. The lowest BCUT2D eigenvalue weighted by Gasteiger charge is -2.06. The fraction of sp³-hybridized carbons (Fsp3) is 0.500. The van der Waals surface area contributed by atoms with Crippen LogP contribution in [0.1, 0.15) is 37.3 Å². The van der Waals surface area contributed by atoms with E-state index in [0.717, 1.165) is 24.2 Å². The van der Waals surface area contributed by atoms with Crippen molar-refractivity contribution in [1.82, 2.24) is 19.3 Å². The average molecular weight is 234 g/mol. The lowest BCUT2D eigenvalue weighted by atomic mass is 10.1. The van der Waals surface area contributed by atoms with E-state index in [4.69, 9.17) is 0 Å². The number of nitrogens with zero attached hydrogens (tertiary/aromatic N) is 4. The summed E-state index contributed by atoms with van der Waals surface area (Å²) in [7, 11) is 1.87. The zero-order valence-corrected chi connectivity index (χ0v) is 10.2. The van der Waals surface area contributed by atoms with E-state index in [0.29, 0.717) is 6.54 Å². The molecule has 2 aromatic rings. The molecule has 0 saturated heterocycles. The van der Waals surface area contributed by atoms with Gasteiger partial charge in [0.2, 0.25) is 0 Å². The third-order valence-corrected chi connectivity index (χ3v) is 2.85. The maximum atomic E-state index is 9.87. The van der Waals surface area contributed by atoms with Crippen molar-refractivity contribution < 1.29 is 5.11 Å². The Bertz CT molecular complexity index is 474. The quantitative estimate of drug-likeness (QED) is 0.853. The van der Waals surface area contributed by atoms with Crippen LogP contribution in [0.15, 0.2) is 24.8 Å². The Hall–Kier alpha value is -1.62. The molecule has 1 unspecified atom stereocenters. The fourth-order valence-corrected chi connectivity index (χ4v) is 1.82. The number of rotatable bonds is 5. The minimum Gasteiger partial charge on any atom is -0.388 e. The topological polar surface area (TPSA) is 55.9 Å². The molecule has 0 spiro atoms. The summed E-state index contributed by atoms with van der Waals surface area (Å²) in [5, 5.41) is 13.9. The van der Waals surface area contributed by atoms with E-state index >= 15 is 0 Å². The van der Waals surface area contributed by atoms with Crippen LogP contribution in [0.25, 0.3) is 0 Å². The van der Waals surface area contributed by atoms with Crippen molar-refractivity contribution in [1.29, 1.82) is 0 Å². The van der Waals surface area contributed by atoms with Gasteiger partial charge in [0.25, 0.3) is 0 Å². The Kier molecular flexibility index (Phi) is 3.58. The SMILES string of the molecule is CCCC(O)c1ccn(Cc2ncnn2C)c1. The van der Waals surface area contributed by atoms with Gasteiger partial charge in [-0.15, -0.1) is 0 Å². The van der Waals surface area contributed by atoms with Crippen LogP contribution in [-0.4, -0.2) is 24.4 Å². The van der Waals surface area contributed by atoms with Crippen LogP contribution in [0.2, 0.25) is 0 Å². The van der Waals surface area contributed by atoms with Crippen molar-refractivity contribution in [2.24, 2.45) is 7.05 Å². The highest BCUT2D eigenvalue weighted by molar-refractivity contribution is 5.14. The molecule has 2 heterocycles. The van der Waals surface area contributed by atoms with Crippen molar-refractivity contribution in [2.75, 3.05) is 0 Å². The molecule has 0 fully saturated rings. The molecule has 5 heteroatoms. The summed E-state index contributed by atoms with van der Waals surface area (Å²) in [5.41, 5.74) is 0.967. The number of aliphatic hydroxyl groups is 1. The fourth-order valence-electron chi connectivity index (χ4n) is 1.82. The highest BCUT2D eigenvalue weighted by Gasteiger charge is 2.08. The van der Waals surface area contributed by atoms with Crippen LogP contribution >= 0.6 is 0 Å². The number of aryl methyl sites for hydroxylation is 1. The molecule has 2 rings (SSSR count). The van der Waals surface area contributed by atoms with Crippen molar-refractivity contribution >= 4 is 0 Å². The van der Waals surface area contributed by atoms with Gasteiger partial charge in [-0.2, -0.15) is 5.10 Å². The lowest BCUT2D eigenvalue weighted by Crippen LogP contribution is -2.05. The van der Waals surface area contributed by atoms with Gasteiger partial charge in [-0.3, -0.25) is 4.68 Å². The summed E-state index contributed by atoms with van der Waals surface area (Å²) < 4.78 is 3.76. The highest BCUT2D eigenvalue weighted by atomic mass is 16.3. The molecule has 5 nitrogen and oxygen atoms in total. The molecule has 0 aliphatic heterocycles. The largest absolute Gasteiger partial charge is 0.388 e. The number of aliphatic hydroxyl groups excluding tert-OH is 1. The predicted molar refractivity (Wildman–Crippen MR) is 64.4 cm³/mol. The number of hydrogen-bond donors (Lipinski definition) is 1. The third-order valence-electron chi connectivity index (χ3n) is 2.85. The summed E-state index contributed by atoms with van der Waals surface area (Å²) in [6.45, 7) is 2.75. The van der Waals surface area contributed by atoms with Gasteiger partial charge in [-0.25, -0.2) is 4.98 Å². The second kappa shape index (κ2) is 5.14. The van der Waals surface area contributed by atoms with E-state index in [9.17, 15) is 5.11 Å². The van der Waals surface area contributed by atoms with E-state index in [1.54, 1.807) is 11.0 Å². The second-order valence-electron chi connectivity index (χ2n) is 4.22. The molecule has 1 atom stereocenters. The molecule has 0 bridgehead atoms. The zero-order chi connectivity index (χ0) is 12.3. The standard InChI is InChI=1S/C12H18N4O/c1-3-4-11(17)10-5-6-16(7-10)8-12-13-9-14-15(12)2/h5-7,9,11,17H,3-4,8H2,1-2H3. The molecular formula is C12H18N4O. The van der Waals surface area contributed by atoms with Crippen molar-refractivity contribution in [3.63, 3.8) is 0 Å². The van der Waals surface area contributed by atoms with Gasteiger partial charge < -0.3 is 9.67 Å². The van der Waals surface area contributed by atoms with Crippen LogP contribution in [0.4, 0.5) is 0 Å². The number of aromatic nitrogens is 4. The normalized spacial score (nSPS) is 12.9. The molecule has 0 aliphatic carbocycles. The molecule has 2 aromatic heterocycles. The van der Waals surface area contributed by atoms with Crippen LogP contribution in [0.5, 0.6) is 0 Å². The first-order valence-corrected chi connectivity index (χ1v) is 5.87. The molecule has 1 N–H and O–H groups in total. The van der Waals surface area contributed by atoms with Gasteiger partial charge in [-0.1, -0.05) is 13.3 Å². The predicted octanol–water partition coefficient (Wildman–Crippen LogP) is 1.50. The first kappa shape index (κ1) is 11.9. The van der Waals surface area contributed by atoms with Crippen LogP contribution in [0.3, 0.4) is 0 Å². The Morgan fingerprint density at radius 1 is 1.47 bits per heavy atom. The molecular weight excluding hydrogens is 216 g/mol. The highest BCUT2D eigenvalue weighted by Crippen LogP contribution is 2.18. The second-order valence-corrected chi connectivity index (χ2v) is 4.22. The summed E-state index contributed by atoms with van der Waals surface area (Å²) in [6, 6.07) is 1.96. The Morgan fingerprint density at radius 3 is 2.94 bits per heavy atom. The summed E-state index contributed by atoms with van der Waals surface area (Å²) >= 11 is 0. The molecule has 0 aromatic carbocycles. The molecule has 0 saturated carbocycles. The monoisotopic (exact) mass is 234 g/mol. The van der Waals surface area contributed by atoms with Crippen molar-refractivity contribution in [3.05, 3.63) is 36.2 Å². The summed E-state index contributed by atoms with van der Waals surface area (Å²) in [5.74, 6) is 0.900. The minimum absolute atomic E-state index is 0.360. The van der Waals surface area contributed by atoms with Crippen molar-refractivity contribution in [2.45, 2.75) is 32.4 Å². The Morgan fingerprint density at radius 2 is 2.29 bits per heavy atom. The van der Waals surface area contributed by atoms with Gasteiger partial charge >= 0.3 is 0 Å². The molecule has 0 amide bonds. The number of hydrogen-bond acceptors (Lipinski definition) is 3. The summed E-state index contributed by atoms with van der Waals surface area (Å²) in [4.78, 5) is 4.17. The molecule has 92 valence electrons. The Balaban J connectivity index is 2.06. The van der Waals surface area contributed by atoms with Gasteiger partial charge in [0.1, 0.15) is 12.2 Å². The maximum Gasteiger partial charge on any atom is 0.146 e. The zero-order valence-electron chi connectivity index (χ0n) is 10.2. The van der Waals surface area contributed by atoms with E-state index in [1.807, 2.05) is 30.1 Å². The van der Waals surface area contributed by atoms with Crippen LogP contribution < -0.4 is 0 Å². The average Bonchev–Trinajstić information content (AvgIpc) is 2.90. The maximum absolute atomic E-state index is 9.87. The first-order chi connectivity index (χ1) is 8.20. The van der Waals surface area contributed by atoms with E-state index in [1.165, 1.54) is 0 Å². The molecule has 0 radical (unpaired) electrons. The summed E-state index contributed by atoms with van der Waals surface area (Å²) in [6.07, 6.45) is 6.90. The van der Waals surface area contributed by atoms with Gasteiger partial charge in [0.05, 0.1) is 12.6 Å². The van der Waals surface area contributed by atoms with Gasteiger partial charge in [-0.05, 0) is 18.1 Å². The molecule has 17 heavy (non-hydrogen) atoms. The van der Waals surface area contributed by atoms with E-state index in [2.05, 4.69) is 17.0 Å².